The minimum atomic E-state index is -4.89. The van der Waals surface area contributed by atoms with Gasteiger partial charge in [-0.25, -0.2) is 4.39 Å². The number of methoxy groups -OCH3 is 1. The third-order valence-electron chi connectivity index (χ3n) is 6.27. The number of pyridine rings is 1. The van der Waals surface area contributed by atoms with Crippen LogP contribution < -0.4 is 15.8 Å². The van der Waals surface area contributed by atoms with E-state index in [0.29, 0.717) is 0 Å². The van der Waals surface area contributed by atoms with E-state index in [1.165, 1.54) is 26.1 Å². The molecule has 4 atom stereocenters. The van der Waals surface area contributed by atoms with Crippen molar-refractivity contribution in [3.05, 3.63) is 52.9 Å². The normalized spacial score (nSPS) is 24.7. The number of primary amides is 1. The number of rotatable bonds is 5. The number of hydrogen-bond acceptors (Lipinski definition) is 5. The molecule has 1 aromatic carbocycles. The van der Waals surface area contributed by atoms with Crippen molar-refractivity contribution < 1.29 is 41.0 Å². The number of benzene rings is 1. The van der Waals surface area contributed by atoms with Gasteiger partial charge in [-0.3, -0.25) is 14.6 Å². The quantitative estimate of drug-likeness (QED) is 0.624. The number of anilines is 1. The third kappa shape index (κ3) is 4.06. The van der Waals surface area contributed by atoms with Crippen molar-refractivity contribution in [2.24, 2.45) is 11.7 Å². The highest BCUT2D eigenvalue weighted by Crippen LogP contribution is 2.55. The molecule has 0 saturated carbocycles. The molecule has 0 unspecified atom stereocenters. The molecule has 1 saturated heterocycles. The Hall–Kier alpha value is -3.28. The number of hydrogen-bond donors (Lipinski definition) is 2. The molecule has 2 heterocycles. The van der Waals surface area contributed by atoms with Crippen LogP contribution in [0.15, 0.2) is 24.4 Å². The minimum absolute atomic E-state index is 0.0710. The van der Waals surface area contributed by atoms with E-state index in [-0.39, 0.29) is 22.5 Å². The van der Waals surface area contributed by atoms with Crippen LogP contribution in [0.2, 0.25) is 0 Å². The van der Waals surface area contributed by atoms with Gasteiger partial charge in [0.1, 0.15) is 11.8 Å². The molecule has 2 aromatic rings. The Morgan fingerprint density at radius 3 is 2.44 bits per heavy atom. The summed E-state index contributed by atoms with van der Waals surface area (Å²) in [5.41, 5.74) is 2.42. The Morgan fingerprint density at radius 2 is 1.88 bits per heavy atom. The second-order valence-electron chi connectivity index (χ2n) is 8.13. The lowest BCUT2D eigenvalue weighted by Gasteiger charge is -2.32. The highest BCUT2D eigenvalue weighted by molar-refractivity contribution is 5.99. The number of carbonyl (C=O) groups excluding carboxylic acids is 2. The molecule has 1 fully saturated rings. The van der Waals surface area contributed by atoms with Crippen LogP contribution in [0, 0.1) is 24.5 Å². The highest BCUT2D eigenvalue weighted by atomic mass is 19.4. The zero-order valence-electron chi connectivity index (χ0n) is 18.6. The van der Waals surface area contributed by atoms with Crippen molar-refractivity contribution >= 4 is 17.5 Å². The van der Waals surface area contributed by atoms with E-state index in [9.17, 15) is 31.5 Å². The van der Waals surface area contributed by atoms with Gasteiger partial charge in [0.05, 0.1) is 7.11 Å². The smallest absolute Gasteiger partial charge is 0.417 e. The number of ether oxygens (including phenoxy) is 2. The van der Waals surface area contributed by atoms with E-state index in [2.05, 4.69) is 10.3 Å². The Morgan fingerprint density at radius 1 is 1.24 bits per heavy atom. The van der Waals surface area contributed by atoms with E-state index >= 15 is 0 Å². The maximum Gasteiger partial charge on any atom is 0.417 e. The van der Waals surface area contributed by atoms with Gasteiger partial charge in [0.2, 0.25) is 5.82 Å². The number of nitrogens with one attached hydrogen (secondary N) is 1. The molecule has 1 aliphatic rings. The lowest BCUT2D eigenvalue weighted by molar-refractivity contribution is -0.272. The molecule has 184 valence electrons. The average Bonchev–Trinajstić information content (AvgIpc) is 3.03. The fraction of sp³-hybridized carbons (Fsp3) is 0.409. The number of carbonyl (C=O) groups is 2. The van der Waals surface area contributed by atoms with Crippen LogP contribution in [0.3, 0.4) is 0 Å². The standard InChI is InChI=1S/C22H22F5N3O4/c1-9-13(7-8-29-16(9)19(28)31)30-20(32)18-14(10(2)21(3,34-18)22(25,26)27)11-5-6-12(23)15(24)17(11)33-4/h5-8,10,14,18H,1-4H3,(H2,28,31)(H,29,30,32)/t10-,14-,18-,21-/m0/s1. The molecule has 0 radical (unpaired) electrons. The average molecular weight is 487 g/mol. The molecule has 0 bridgehead atoms. The summed E-state index contributed by atoms with van der Waals surface area (Å²) in [7, 11) is 1.03. The largest absolute Gasteiger partial charge is 0.493 e. The van der Waals surface area contributed by atoms with Crippen LogP contribution in [0.25, 0.3) is 0 Å². The fourth-order valence-corrected chi connectivity index (χ4v) is 4.16. The van der Waals surface area contributed by atoms with E-state index < -0.39 is 58.9 Å². The number of amides is 2. The number of halogens is 5. The Balaban J connectivity index is 2.11. The summed E-state index contributed by atoms with van der Waals surface area (Å²) in [6.07, 6.45) is -5.47. The summed E-state index contributed by atoms with van der Waals surface area (Å²) in [6, 6.07) is 3.13. The lowest BCUT2D eigenvalue weighted by Crippen LogP contribution is -2.47. The summed E-state index contributed by atoms with van der Waals surface area (Å²) in [4.78, 5) is 28.5. The fourth-order valence-electron chi connectivity index (χ4n) is 4.16. The molecule has 0 spiro atoms. The summed E-state index contributed by atoms with van der Waals surface area (Å²) < 4.78 is 80.4. The number of nitrogens with two attached hydrogens (primary N) is 1. The molecule has 34 heavy (non-hydrogen) atoms. The Bertz CT molecular complexity index is 1140. The maximum absolute atomic E-state index is 14.4. The number of nitrogens with zero attached hydrogens (tertiary/aromatic N) is 1. The predicted octanol–water partition coefficient (Wildman–Crippen LogP) is 3.85. The van der Waals surface area contributed by atoms with Crippen molar-refractivity contribution in [2.75, 3.05) is 12.4 Å². The lowest BCUT2D eigenvalue weighted by atomic mass is 9.77. The van der Waals surface area contributed by atoms with Crippen molar-refractivity contribution in [3.63, 3.8) is 0 Å². The third-order valence-corrected chi connectivity index (χ3v) is 6.27. The monoisotopic (exact) mass is 487 g/mol. The first-order valence-corrected chi connectivity index (χ1v) is 10.1. The summed E-state index contributed by atoms with van der Waals surface area (Å²) in [5.74, 6) is -7.92. The van der Waals surface area contributed by atoms with Crippen LogP contribution in [0.5, 0.6) is 5.75 Å². The Labute approximate surface area is 191 Å². The van der Waals surface area contributed by atoms with Crippen LogP contribution in [-0.4, -0.2) is 41.8 Å². The van der Waals surface area contributed by atoms with Gasteiger partial charge in [0.25, 0.3) is 11.8 Å². The molecular weight excluding hydrogens is 465 g/mol. The molecule has 3 N–H and O–H groups in total. The predicted molar refractivity (Wildman–Crippen MR) is 110 cm³/mol. The van der Waals surface area contributed by atoms with Gasteiger partial charge < -0.3 is 20.5 Å². The van der Waals surface area contributed by atoms with Gasteiger partial charge in [-0.05, 0) is 26.0 Å². The first kappa shape index (κ1) is 25.3. The molecule has 12 heteroatoms. The van der Waals surface area contributed by atoms with E-state index in [4.69, 9.17) is 15.2 Å². The molecule has 7 nitrogen and oxygen atoms in total. The van der Waals surface area contributed by atoms with Crippen LogP contribution in [0.4, 0.5) is 27.6 Å². The van der Waals surface area contributed by atoms with Crippen molar-refractivity contribution in [2.45, 2.75) is 44.6 Å². The first-order valence-electron chi connectivity index (χ1n) is 10.1. The first-order chi connectivity index (χ1) is 15.7. The maximum atomic E-state index is 14.4. The molecule has 3 rings (SSSR count). The Kier molecular flexibility index (Phi) is 6.57. The van der Waals surface area contributed by atoms with Gasteiger partial charge in [-0.1, -0.05) is 13.0 Å². The molecule has 2 amide bonds. The highest BCUT2D eigenvalue weighted by Gasteiger charge is 2.65. The molecular formula is C22H22F5N3O4. The van der Waals surface area contributed by atoms with E-state index in [1.54, 1.807) is 0 Å². The zero-order chi connectivity index (χ0) is 25.6. The molecule has 1 aromatic heterocycles. The van der Waals surface area contributed by atoms with E-state index in [0.717, 1.165) is 26.2 Å². The van der Waals surface area contributed by atoms with Crippen LogP contribution in [-0.2, 0) is 9.53 Å². The van der Waals surface area contributed by atoms with Crippen molar-refractivity contribution in [1.82, 2.24) is 4.98 Å². The van der Waals surface area contributed by atoms with Crippen molar-refractivity contribution in [1.29, 1.82) is 0 Å². The summed E-state index contributed by atoms with van der Waals surface area (Å²) in [6.45, 7) is 3.43. The number of aromatic nitrogens is 1. The SMILES string of the molecule is COc1c([C@H]2[C@@H](C(=O)Nc3ccnc(C(N)=O)c3C)O[C@](C)(C(F)(F)F)[C@H]2C)ccc(F)c1F. The van der Waals surface area contributed by atoms with Gasteiger partial charge in [0.15, 0.2) is 17.2 Å². The summed E-state index contributed by atoms with van der Waals surface area (Å²) >= 11 is 0. The van der Waals surface area contributed by atoms with Gasteiger partial charge in [0, 0.05) is 34.8 Å². The zero-order valence-corrected chi connectivity index (χ0v) is 18.6. The molecule has 1 aliphatic heterocycles. The van der Waals surface area contributed by atoms with Crippen LogP contribution in [0.1, 0.15) is 41.4 Å². The number of alkyl halides is 3. The molecule has 0 aliphatic carbocycles. The van der Waals surface area contributed by atoms with E-state index in [1.807, 2.05) is 0 Å². The van der Waals surface area contributed by atoms with Crippen molar-refractivity contribution in [3.8, 4) is 5.75 Å². The van der Waals surface area contributed by atoms with Gasteiger partial charge in [-0.15, -0.1) is 0 Å². The minimum Gasteiger partial charge on any atom is -0.493 e. The van der Waals surface area contributed by atoms with Gasteiger partial charge >= 0.3 is 6.18 Å². The summed E-state index contributed by atoms with van der Waals surface area (Å²) in [5, 5.41) is 2.43. The topological polar surface area (TPSA) is 104 Å². The van der Waals surface area contributed by atoms with Crippen LogP contribution >= 0.6 is 0 Å². The second kappa shape index (κ2) is 8.82. The van der Waals surface area contributed by atoms with Gasteiger partial charge in [-0.2, -0.15) is 17.6 Å². The second-order valence-corrected chi connectivity index (χ2v) is 8.13.